The minimum Gasteiger partial charge on any atom is -0.400 e. The van der Waals surface area contributed by atoms with Gasteiger partial charge in [0.2, 0.25) is 0 Å². The Morgan fingerprint density at radius 2 is 2.21 bits per heavy atom. The molecule has 0 spiro atoms. The van der Waals surface area contributed by atoms with Crippen LogP contribution < -0.4 is 5.32 Å². The van der Waals surface area contributed by atoms with Crippen LogP contribution in [0.3, 0.4) is 0 Å². The SMILES string of the molecule is C=CNc1nnc(C(=O)c2c[nH]c3ccccc23)o1. The van der Waals surface area contributed by atoms with Crippen molar-refractivity contribution in [3.05, 3.63) is 54.7 Å². The van der Waals surface area contributed by atoms with Gasteiger partial charge in [0.25, 0.3) is 11.7 Å². The van der Waals surface area contributed by atoms with Crippen molar-refractivity contribution in [3.63, 3.8) is 0 Å². The van der Waals surface area contributed by atoms with Gasteiger partial charge in [-0.05, 0) is 12.3 Å². The minimum atomic E-state index is -0.318. The molecule has 2 heterocycles. The van der Waals surface area contributed by atoms with Gasteiger partial charge in [-0.2, -0.15) is 0 Å². The molecule has 6 heteroatoms. The Balaban J connectivity index is 2.00. The lowest BCUT2D eigenvalue weighted by molar-refractivity contribution is 0.100. The second-order valence-corrected chi connectivity index (χ2v) is 3.84. The minimum absolute atomic E-state index is 0.0610. The number of anilines is 1. The third-order valence-electron chi connectivity index (χ3n) is 2.68. The number of aromatic amines is 1. The first-order valence-corrected chi connectivity index (χ1v) is 5.61. The van der Waals surface area contributed by atoms with Crippen LogP contribution in [0.1, 0.15) is 16.2 Å². The summed E-state index contributed by atoms with van der Waals surface area (Å²) in [4.78, 5) is 15.3. The molecule has 2 N–H and O–H groups in total. The number of carbonyl (C=O) groups excluding carboxylic acids is 1. The maximum Gasteiger partial charge on any atom is 0.319 e. The summed E-state index contributed by atoms with van der Waals surface area (Å²) in [5, 5.41) is 10.8. The smallest absolute Gasteiger partial charge is 0.319 e. The number of carbonyl (C=O) groups is 1. The maximum absolute atomic E-state index is 12.3. The first-order chi connectivity index (χ1) is 9.29. The van der Waals surface area contributed by atoms with Gasteiger partial charge in [0.05, 0.1) is 5.56 Å². The highest BCUT2D eigenvalue weighted by atomic mass is 16.4. The number of aromatic nitrogens is 3. The molecule has 0 aliphatic rings. The molecular formula is C13H10N4O2. The molecule has 0 atom stereocenters. The normalized spacial score (nSPS) is 10.5. The number of fused-ring (bicyclic) bond motifs is 1. The Morgan fingerprint density at radius 1 is 1.37 bits per heavy atom. The lowest BCUT2D eigenvalue weighted by Gasteiger charge is -1.93. The van der Waals surface area contributed by atoms with Gasteiger partial charge in [-0.15, -0.1) is 5.10 Å². The summed E-state index contributed by atoms with van der Waals surface area (Å²) < 4.78 is 5.19. The van der Waals surface area contributed by atoms with Crippen molar-refractivity contribution >= 4 is 22.7 Å². The van der Waals surface area contributed by atoms with Crippen molar-refractivity contribution in [1.29, 1.82) is 0 Å². The summed E-state index contributed by atoms with van der Waals surface area (Å²) in [6.07, 6.45) is 3.03. The van der Waals surface area contributed by atoms with Crippen molar-refractivity contribution in [2.24, 2.45) is 0 Å². The van der Waals surface area contributed by atoms with Gasteiger partial charge >= 0.3 is 6.01 Å². The summed E-state index contributed by atoms with van der Waals surface area (Å²) in [6.45, 7) is 3.47. The molecule has 1 aromatic carbocycles. The average molecular weight is 254 g/mol. The second-order valence-electron chi connectivity index (χ2n) is 3.84. The zero-order chi connectivity index (χ0) is 13.2. The lowest BCUT2D eigenvalue weighted by Crippen LogP contribution is -2.00. The van der Waals surface area contributed by atoms with Gasteiger partial charge in [0, 0.05) is 17.1 Å². The molecule has 0 aliphatic heterocycles. The van der Waals surface area contributed by atoms with Crippen molar-refractivity contribution in [2.45, 2.75) is 0 Å². The fourth-order valence-electron chi connectivity index (χ4n) is 1.84. The predicted octanol–water partition coefficient (Wildman–Crippen LogP) is 2.34. The molecule has 94 valence electrons. The van der Waals surface area contributed by atoms with Crippen LogP contribution in [0.4, 0.5) is 6.01 Å². The quantitative estimate of drug-likeness (QED) is 0.698. The van der Waals surface area contributed by atoms with Gasteiger partial charge in [0.15, 0.2) is 0 Å². The number of rotatable bonds is 4. The molecule has 0 unspecified atom stereocenters. The number of para-hydroxylation sites is 1. The third-order valence-corrected chi connectivity index (χ3v) is 2.68. The molecule has 0 fully saturated rings. The van der Waals surface area contributed by atoms with Gasteiger partial charge in [0.1, 0.15) is 0 Å². The highest BCUT2D eigenvalue weighted by molar-refractivity contribution is 6.14. The topological polar surface area (TPSA) is 83.8 Å². The highest BCUT2D eigenvalue weighted by Crippen LogP contribution is 2.20. The average Bonchev–Trinajstić information content (AvgIpc) is 3.05. The highest BCUT2D eigenvalue weighted by Gasteiger charge is 2.19. The molecule has 0 saturated carbocycles. The first-order valence-electron chi connectivity index (χ1n) is 5.61. The van der Waals surface area contributed by atoms with Crippen LogP contribution in [0.25, 0.3) is 10.9 Å². The Kier molecular flexibility index (Phi) is 2.60. The zero-order valence-corrected chi connectivity index (χ0v) is 9.88. The monoisotopic (exact) mass is 254 g/mol. The van der Waals surface area contributed by atoms with E-state index in [9.17, 15) is 4.79 Å². The van der Waals surface area contributed by atoms with E-state index in [0.717, 1.165) is 10.9 Å². The van der Waals surface area contributed by atoms with Crippen LogP contribution in [-0.4, -0.2) is 21.0 Å². The predicted molar refractivity (Wildman–Crippen MR) is 69.8 cm³/mol. The van der Waals surface area contributed by atoms with Crippen LogP contribution >= 0.6 is 0 Å². The largest absolute Gasteiger partial charge is 0.400 e. The fraction of sp³-hybridized carbons (Fsp3) is 0. The van der Waals surface area contributed by atoms with Gasteiger partial charge in [-0.1, -0.05) is 29.9 Å². The van der Waals surface area contributed by atoms with Gasteiger partial charge in [-0.25, -0.2) is 0 Å². The number of hydrogen-bond acceptors (Lipinski definition) is 5. The Labute approximate surface area is 108 Å². The van der Waals surface area contributed by atoms with Crippen molar-refractivity contribution < 1.29 is 9.21 Å². The van der Waals surface area contributed by atoms with E-state index in [2.05, 4.69) is 27.1 Å². The molecule has 3 rings (SSSR count). The van der Waals surface area contributed by atoms with Crippen LogP contribution in [0.15, 0.2) is 47.7 Å². The van der Waals surface area contributed by atoms with E-state index in [-0.39, 0.29) is 17.7 Å². The number of nitrogens with zero attached hydrogens (tertiary/aromatic N) is 2. The Hall–Kier alpha value is -2.89. The third kappa shape index (κ3) is 1.89. The summed E-state index contributed by atoms with van der Waals surface area (Å²) in [5.74, 6) is -0.379. The molecular weight excluding hydrogens is 244 g/mol. The first kappa shape index (κ1) is 11.2. The van der Waals surface area contributed by atoms with E-state index in [1.54, 1.807) is 6.20 Å². The molecule has 0 amide bonds. The fourth-order valence-corrected chi connectivity index (χ4v) is 1.84. The molecule has 0 aliphatic carbocycles. The van der Waals surface area contributed by atoms with E-state index in [0.29, 0.717) is 5.56 Å². The lowest BCUT2D eigenvalue weighted by atomic mass is 10.1. The summed E-state index contributed by atoms with van der Waals surface area (Å²) >= 11 is 0. The zero-order valence-electron chi connectivity index (χ0n) is 9.88. The van der Waals surface area contributed by atoms with Crippen molar-refractivity contribution in [1.82, 2.24) is 15.2 Å². The van der Waals surface area contributed by atoms with E-state index in [4.69, 9.17) is 4.42 Å². The van der Waals surface area contributed by atoms with Gasteiger partial charge in [-0.3, -0.25) is 4.79 Å². The standard InChI is InChI=1S/C13H10N4O2/c1-2-14-13-17-16-12(19-13)11(18)9-7-15-10-6-4-3-5-8(9)10/h2-7,15H,1H2,(H,14,17). The van der Waals surface area contributed by atoms with Gasteiger partial charge < -0.3 is 14.7 Å². The summed E-state index contributed by atoms with van der Waals surface area (Å²) in [7, 11) is 0. The summed E-state index contributed by atoms with van der Waals surface area (Å²) in [6, 6.07) is 7.65. The number of H-pyrrole nitrogens is 1. The molecule has 0 radical (unpaired) electrons. The van der Waals surface area contributed by atoms with E-state index in [1.165, 1.54) is 6.20 Å². The number of hydrogen-bond donors (Lipinski definition) is 2. The Morgan fingerprint density at radius 3 is 3.05 bits per heavy atom. The summed E-state index contributed by atoms with van der Waals surface area (Å²) in [5.41, 5.74) is 1.39. The second kappa shape index (κ2) is 4.41. The molecule has 3 aromatic rings. The van der Waals surface area contributed by atoms with Crippen molar-refractivity contribution in [3.8, 4) is 0 Å². The van der Waals surface area contributed by atoms with E-state index < -0.39 is 0 Å². The van der Waals surface area contributed by atoms with Crippen LogP contribution in [0.2, 0.25) is 0 Å². The van der Waals surface area contributed by atoms with Crippen molar-refractivity contribution in [2.75, 3.05) is 5.32 Å². The van der Waals surface area contributed by atoms with Crippen LogP contribution in [0.5, 0.6) is 0 Å². The Bertz CT molecular complexity index is 757. The van der Waals surface area contributed by atoms with Crippen LogP contribution in [0, 0.1) is 0 Å². The number of nitrogens with one attached hydrogen (secondary N) is 2. The van der Waals surface area contributed by atoms with E-state index >= 15 is 0 Å². The molecule has 19 heavy (non-hydrogen) atoms. The number of benzene rings is 1. The molecule has 6 nitrogen and oxygen atoms in total. The maximum atomic E-state index is 12.3. The molecule has 0 saturated heterocycles. The van der Waals surface area contributed by atoms with E-state index in [1.807, 2.05) is 24.3 Å². The van der Waals surface area contributed by atoms with Crippen LogP contribution in [-0.2, 0) is 0 Å². The molecule has 2 aromatic heterocycles. The number of ketones is 1. The molecule has 0 bridgehead atoms.